The minimum Gasteiger partial charge on any atom is -0.516 e. The predicted molar refractivity (Wildman–Crippen MR) is 30.1 cm³/mol. The van der Waals surface area contributed by atoms with E-state index in [0.29, 0.717) is 0 Å². The Labute approximate surface area is 104 Å². The smallest absolute Gasteiger partial charge is 0.0719 e. The van der Waals surface area contributed by atoms with Crippen molar-refractivity contribution in [2.24, 2.45) is 0 Å². The van der Waals surface area contributed by atoms with Crippen LogP contribution in [-0.2, 0) is 0 Å². The Morgan fingerprint density at radius 1 is 1.17 bits per heavy atom. The molecular weight excluding hydrogens is 109 g/mol. The summed E-state index contributed by atoms with van der Waals surface area (Å²) in [5.74, 6) is 0. The number of aliphatic hydroxyl groups excluding tert-OH is 1. The van der Waals surface area contributed by atoms with Crippen molar-refractivity contribution in [3.05, 3.63) is 12.8 Å². The van der Waals surface area contributed by atoms with E-state index in [1.165, 1.54) is 0 Å². The number of aliphatic hydroxyl groups is 1. The van der Waals surface area contributed by atoms with Crippen LogP contribution in [-0.4, -0.2) is 93.8 Å². The molecule has 0 heterocycles. The van der Waals surface area contributed by atoms with Crippen molar-refractivity contribution in [1.29, 1.82) is 0 Å². The molecule has 4 heteroatoms. The van der Waals surface area contributed by atoms with Gasteiger partial charge < -0.3 is 5.11 Å². The number of hydrogen-bond acceptors (Lipinski definition) is 1. The summed E-state index contributed by atoms with van der Waals surface area (Å²) >= 11 is 0. The van der Waals surface area contributed by atoms with Crippen LogP contribution < -0.4 is 0 Å². The van der Waals surface area contributed by atoms with Gasteiger partial charge in [-0.25, -0.2) is 0 Å². The van der Waals surface area contributed by atoms with E-state index in [2.05, 4.69) is 6.58 Å². The van der Waals surface area contributed by atoms with Crippen molar-refractivity contribution >= 4 is 88.7 Å². The number of rotatable bonds is 0. The maximum Gasteiger partial charge on any atom is 0.0719 e. The quantitative estimate of drug-likeness (QED) is 0.333. The molecule has 0 rings (SSSR count). The second-order valence-corrected chi connectivity index (χ2v) is 0.183. The SMILES string of the molecule is C=CO.[Na].[Na].[Na]. The van der Waals surface area contributed by atoms with Crippen molar-refractivity contribution in [2.75, 3.05) is 0 Å². The summed E-state index contributed by atoms with van der Waals surface area (Å²) in [7, 11) is 0. The van der Waals surface area contributed by atoms with Crippen LogP contribution in [0.1, 0.15) is 0 Å². The molecule has 0 saturated heterocycles. The van der Waals surface area contributed by atoms with Gasteiger partial charge in [0.2, 0.25) is 0 Å². The van der Waals surface area contributed by atoms with Crippen molar-refractivity contribution < 1.29 is 5.11 Å². The van der Waals surface area contributed by atoms with Crippen LogP contribution in [0.5, 0.6) is 0 Å². The molecule has 0 aromatic carbocycles. The van der Waals surface area contributed by atoms with Crippen LogP contribution >= 0.6 is 0 Å². The Kier molecular flexibility index (Phi) is 101. The molecule has 0 unspecified atom stereocenters. The fourth-order valence-electron chi connectivity index (χ4n) is 0. The van der Waals surface area contributed by atoms with Crippen molar-refractivity contribution in [2.45, 2.75) is 0 Å². The molecule has 21 valence electrons. The number of hydrogen-bond donors (Lipinski definition) is 1. The van der Waals surface area contributed by atoms with E-state index >= 15 is 0 Å². The average Bonchev–Trinajstić information content (AvgIpc) is 0.918. The Balaban J connectivity index is -0.00000000667. The van der Waals surface area contributed by atoms with Crippen LogP contribution in [0.2, 0.25) is 0 Å². The summed E-state index contributed by atoms with van der Waals surface area (Å²) in [6, 6.07) is 0. The fraction of sp³-hybridized carbons (Fsp3) is 0. The van der Waals surface area contributed by atoms with E-state index in [4.69, 9.17) is 5.11 Å². The monoisotopic (exact) mass is 113 g/mol. The van der Waals surface area contributed by atoms with Gasteiger partial charge in [0.1, 0.15) is 0 Å². The third-order valence-corrected chi connectivity index (χ3v) is 0. The molecule has 0 aliphatic rings. The molecule has 0 aliphatic carbocycles. The van der Waals surface area contributed by atoms with Gasteiger partial charge in [0.15, 0.2) is 0 Å². The van der Waals surface area contributed by atoms with E-state index < -0.39 is 0 Å². The van der Waals surface area contributed by atoms with Crippen molar-refractivity contribution in [1.82, 2.24) is 0 Å². The molecule has 0 aromatic heterocycles. The van der Waals surface area contributed by atoms with Crippen LogP contribution in [0.15, 0.2) is 12.8 Å². The van der Waals surface area contributed by atoms with Gasteiger partial charge in [0, 0.05) is 88.7 Å². The summed E-state index contributed by atoms with van der Waals surface area (Å²) in [4.78, 5) is 0. The normalized spacial score (nSPS) is 2.00. The van der Waals surface area contributed by atoms with Gasteiger partial charge in [-0.05, 0) is 0 Å². The molecular formula is C2H4Na3O. The second kappa shape index (κ2) is 25.7. The topological polar surface area (TPSA) is 20.2 Å². The standard InChI is InChI=1S/C2H4O.3Na/c1-2-3;;;/h2-3H,1H2;;;. The molecule has 0 atom stereocenters. The first kappa shape index (κ1) is 23.6. The molecule has 6 heavy (non-hydrogen) atoms. The Morgan fingerprint density at radius 2 is 1.17 bits per heavy atom. The molecule has 3 radical (unpaired) electrons. The third-order valence-electron chi connectivity index (χ3n) is 0. The van der Waals surface area contributed by atoms with E-state index in [0.717, 1.165) is 6.26 Å². The molecule has 0 saturated carbocycles. The second-order valence-electron chi connectivity index (χ2n) is 0.183. The van der Waals surface area contributed by atoms with Gasteiger partial charge in [0.05, 0.1) is 6.26 Å². The summed E-state index contributed by atoms with van der Waals surface area (Å²) < 4.78 is 0. The maximum atomic E-state index is 7.33. The first-order valence-electron chi connectivity index (χ1n) is 0.666. The Hall–Kier alpha value is 2.54. The molecule has 0 aliphatic heterocycles. The molecule has 0 amide bonds. The third kappa shape index (κ3) is 31.1. The fourth-order valence-corrected chi connectivity index (χ4v) is 0. The Morgan fingerprint density at radius 3 is 1.17 bits per heavy atom. The van der Waals surface area contributed by atoms with E-state index in [1.807, 2.05) is 0 Å². The zero-order chi connectivity index (χ0) is 2.71. The van der Waals surface area contributed by atoms with Crippen LogP contribution in [0, 0.1) is 0 Å². The summed E-state index contributed by atoms with van der Waals surface area (Å²) in [5, 5.41) is 7.33. The minimum atomic E-state index is 0. The van der Waals surface area contributed by atoms with Gasteiger partial charge in [-0.2, -0.15) is 0 Å². The molecule has 1 N–H and O–H groups in total. The maximum absolute atomic E-state index is 7.33. The minimum absolute atomic E-state index is 0. The predicted octanol–water partition coefficient (Wildman–Crippen LogP) is -0.455. The average molecular weight is 113 g/mol. The van der Waals surface area contributed by atoms with Crippen molar-refractivity contribution in [3.63, 3.8) is 0 Å². The van der Waals surface area contributed by atoms with Crippen LogP contribution in [0.3, 0.4) is 0 Å². The molecule has 1 nitrogen and oxygen atoms in total. The first-order chi connectivity index (χ1) is 1.41. The van der Waals surface area contributed by atoms with E-state index in [-0.39, 0.29) is 88.7 Å². The van der Waals surface area contributed by atoms with Gasteiger partial charge in [-0.1, -0.05) is 6.58 Å². The molecule has 0 fully saturated rings. The summed E-state index contributed by atoms with van der Waals surface area (Å²) in [6.45, 7) is 2.92. The van der Waals surface area contributed by atoms with Gasteiger partial charge in [-0.3, -0.25) is 0 Å². The van der Waals surface area contributed by atoms with Crippen LogP contribution in [0.4, 0.5) is 0 Å². The zero-order valence-electron chi connectivity index (χ0n) is 4.73. The first-order valence-corrected chi connectivity index (χ1v) is 0.666. The molecule has 0 spiro atoms. The summed E-state index contributed by atoms with van der Waals surface area (Å²) in [5.41, 5.74) is 0. The van der Waals surface area contributed by atoms with E-state index in [1.54, 1.807) is 0 Å². The molecule has 0 bridgehead atoms. The summed E-state index contributed by atoms with van der Waals surface area (Å²) in [6.07, 6.45) is 0.750. The molecule has 0 aromatic rings. The van der Waals surface area contributed by atoms with Gasteiger partial charge >= 0.3 is 0 Å². The van der Waals surface area contributed by atoms with Gasteiger partial charge in [0.25, 0.3) is 0 Å². The Bertz CT molecular complexity index is 16.3. The van der Waals surface area contributed by atoms with E-state index in [9.17, 15) is 0 Å². The zero-order valence-corrected chi connectivity index (χ0v) is 10.7. The van der Waals surface area contributed by atoms with Crippen LogP contribution in [0.25, 0.3) is 0 Å². The van der Waals surface area contributed by atoms with Crippen molar-refractivity contribution in [3.8, 4) is 0 Å². The van der Waals surface area contributed by atoms with Gasteiger partial charge in [-0.15, -0.1) is 0 Å². The largest absolute Gasteiger partial charge is 0.516 e.